The Labute approximate surface area is 155 Å². The normalized spacial score (nSPS) is 16.6. The Balaban J connectivity index is 1.86. The molecule has 2 aromatic heterocycles. The number of carbonyl (C=O) groups excluding carboxylic acids is 2. The molecular formula is C18H11NO5S2. The molecule has 1 aliphatic heterocycles. The first-order valence-corrected chi connectivity index (χ1v) is 8.75. The summed E-state index contributed by atoms with van der Waals surface area (Å²) in [6, 6.07) is 9.66. The van der Waals surface area contributed by atoms with Crippen molar-refractivity contribution in [3.8, 4) is 11.6 Å². The van der Waals surface area contributed by atoms with Crippen molar-refractivity contribution in [2.75, 3.05) is 0 Å². The molecule has 0 radical (unpaired) electrons. The van der Waals surface area contributed by atoms with E-state index in [1.165, 1.54) is 22.0 Å². The summed E-state index contributed by atoms with van der Waals surface area (Å²) in [7, 11) is 1.66. The molecule has 1 N–H and O–H groups in total. The molecule has 0 bridgehead atoms. The van der Waals surface area contributed by atoms with E-state index in [-0.39, 0.29) is 22.6 Å². The van der Waals surface area contributed by atoms with Gasteiger partial charge in [0.15, 0.2) is 9.53 Å². The van der Waals surface area contributed by atoms with Crippen LogP contribution in [0.25, 0.3) is 11.6 Å². The van der Waals surface area contributed by atoms with Gasteiger partial charge in [0.25, 0.3) is 0 Å². The highest BCUT2D eigenvalue weighted by Gasteiger charge is 2.32. The molecule has 4 rings (SSSR count). The average molecular weight is 385 g/mol. The minimum atomic E-state index is -0.757. The Hall–Kier alpha value is -2.97. The number of ether oxygens (including phenoxy) is 1. The summed E-state index contributed by atoms with van der Waals surface area (Å²) in [5.41, 5.74) is 0.634. The number of benzene rings is 1. The summed E-state index contributed by atoms with van der Waals surface area (Å²) in [6.45, 7) is 0. The zero-order valence-electron chi connectivity index (χ0n) is 13.4. The van der Waals surface area contributed by atoms with Gasteiger partial charge < -0.3 is 14.3 Å². The zero-order chi connectivity index (χ0) is 18.4. The Bertz CT molecular complexity index is 1250. The zero-order valence-corrected chi connectivity index (χ0v) is 15.0. The van der Waals surface area contributed by atoms with Crippen molar-refractivity contribution in [2.45, 2.75) is 0 Å². The molecule has 0 atom stereocenters. The predicted octanol–water partition coefficient (Wildman–Crippen LogP) is 1.90. The topological polar surface area (TPSA) is 81.7 Å². The molecule has 0 saturated carbocycles. The smallest absolute Gasteiger partial charge is 0.351 e. The van der Waals surface area contributed by atoms with Gasteiger partial charge in [0.2, 0.25) is 11.7 Å². The Morgan fingerprint density at radius 2 is 1.96 bits per heavy atom. The molecule has 0 saturated heterocycles. The number of carbonyl (C=O) groups is 2. The third-order valence-corrected chi connectivity index (χ3v) is 5.41. The number of aromatic nitrogens is 1. The third-order valence-electron chi connectivity index (χ3n) is 3.92. The number of esters is 1. The predicted molar refractivity (Wildman–Crippen MR) is 97.1 cm³/mol. The second-order valence-electron chi connectivity index (χ2n) is 5.55. The maximum Gasteiger partial charge on any atom is 0.351 e. The van der Waals surface area contributed by atoms with Crippen molar-refractivity contribution >= 4 is 47.0 Å². The number of Topliss-reactive ketones (excluding diaryl/α,β-unsaturated/α-hetero) is 1. The maximum absolute atomic E-state index is 12.6. The number of hydrogen-bond donors (Lipinski definition) is 1. The maximum atomic E-state index is 12.6. The molecule has 3 aromatic rings. The van der Waals surface area contributed by atoms with Gasteiger partial charge in [-0.25, -0.2) is 4.79 Å². The van der Waals surface area contributed by atoms with Crippen molar-refractivity contribution in [1.82, 2.24) is 4.57 Å². The first-order chi connectivity index (χ1) is 12.5. The van der Waals surface area contributed by atoms with Crippen LogP contribution in [0.4, 0.5) is 0 Å². The molecule has 0 unspecified atom stereocenters. The lowest BCUT2D eigenvalue weighted by Crippen LogP contribution is -2.29. The van der Waals surface area contributed by atoms with Gasteiger partial charge >= 0.3 is 5.97 Å². The highest BCUT2D eigenvalue weighted by Crippen LogP contribution is 2.27. The minimum absolute atomic E-state index is 0.0210. The van der Waals surface area contributed by atoms with Gasteiger partial charge in [0.1, 0.15) is 16.6 Å². The number of thiazole rings is 1. The van der Waals surface area contributed by atoms with E-state index in [0.29, 0.717) is 19.8 Å². The molecule has 0 amide bonds. The lowest BCUT2D eigenvalue weighted by molar-refractivity contribution is -0.128. The monoisotopic (exact) mass is 385 g/mol. The molecular weight excluding hydrogens is 374 g/mol. The molecule has 3 heterocycles. The van der Waals surface area contributed by atoms with Crippen LogP contribution in [0.5, 0.6) is 11.6 Å². The van der Waals surface area contributed by atoms with E-state index < -0.39 is 11.8 Å². The van der Waals surface area contributed by atoms with Gasteiger partial charge in [-0.3, -0.25) is 9.36 Å². The molecule has 1 aromatic carbocycles. The number of hydrogen-bond acceptors (Lipinski definition) is 7. The number of nitrogens with zero attached hydrogens (tertiary/aromatic N) is 1. The highest BCUT2D eigenvalue weighted by molar-refractivity contribution is 7.73. The van der Waals surface area contributed by atoms with E-state index in [2.05, 4.69) is 0 Å². The van der Waals surface area contributed by atoms with Crippen molar-refractivity contribution in [1.29, 1.82) is 0 Å². The van der Waals surface area contributed by atoms with Gasteiger partial charge in [-0.15, -0.1) is 11.3 Å². The van der Waals surface area contributed by atoms with Gasteiger partial charge in [0.05, 0.1) is 10.4 Å². The molecule has 130 valence electrons. The van der Waals surface area contributed by atoms with E-state index in [9.17, 15) is 14.7 Å². The third kappa shape index (κ3) is 2.59. The minimum Gasteiger partial charge on any atom is -0.493 e. The van der Waals surface area contributed by atoms with E-state index in [4.69, 9.17) is 21.4 Å². The number of aromatic hydroxyl groups is 1. The second kappa shape index (κ2) is 6.08. The average Bonchev–Trinajstić information content (AvgIpc) is 3.16. The lowest BCUT2D eigenvalue weighted by Gasteiger charge is -2.15. The fraction of sp³-hybridized carbons (Fsp3) is 0.0556. The van der Waals surface area contributed by atoms with Crippen molar-refractivity contribution in [3.63, 3.8) is 0 Å². The van der Waals surface area contributed by atoms with Crippen LogP contribution in [0.2, 0.25) is 0 Å². The Morgan fingerprint density at radius 3 is 2.69 bits per heavy atom. The van der Waals surface area contributed by atoms with Gasteiger partial charge in [0, 0.05) is 13.1 Å². The van der Waals surface area contributed by atoms with Crippen molar-refractivity contribution in [3.05, 3.63) is 61.6 Å². The van der Waals surface area contributed by atoms with Crippen LogP contribution in [0, 0.1) is 3.95 Å². The quantitative estimate of drug-likeness (QED) is 0.391. The molecule has 0 spiro atoms. The summed E-state index contributed by atoms with van der Waals surface area (Å²) >= 11 is 6.33. The van der Waals surface area contributed by atoms with Crippen LogP contribution in [0.15, 0.2) is 40.8 Å². The Kier molecular flexibility index (Phi) is 3.86. The van der Waals surface area contributed by atoms with E-state index in [0.717, 1.165) is 0 Å². The number of rotatable bonds is 1. The second-order valence-corrected chi connectivity index (χ2v) is 7.23. The molecule has 1 aliphatic rings. The molecule has 8 heteroatoms. The number of ketones is 1. The molecule has 0 aliphatic carbocycles. The number of para-hydroxylation sites is 1. The van der Waals surface area contributed by atoms with Crippen LogP contribution in [-0.4, -0.2) is 21.4 Å². The summed E-state index contributed by atoms with van der Waals surface area (Å²) in [5, 5.41) is 10.0. The first-order valence-electron chi connectivity index (χ1n) is 7.52. The van der Waals surface area contributed by atoms with Gasteiger partial charge in [-0.2, -0.15) is 0 Å². The summed E-state index contributed by atoms with van der Waals surface area (Å²) in [6.07, 6.45) is 1.59. The van der Waals surface area contributed by atoms with Crippen LogP contribution in [-0.2, 0) is 11.8 Å². The standard InChI is InChI=1S/C18H11NO5S2/c1-19-16(21)13(26-18(19)25)8-9-6-7-12(23-9)14-15(20)10-4-2-3-5-11(10)24-17(14)22/h2-8,21H,1H3. The van der Waals surface area contributed by atoms with Crippen molar-refractivity contribution in [2.24, 2.45) is 7.05 Å². The Morgan fingerprint density at radius 1 is 1.19 bits per heavy atom. The van der Waals surface area contributed by atoms with Crippen LogP contribution in [0.3, 0.4) is 0 Å². The van der Waals surface area contributed by atoms with Gasteiger partial charge in [-0.05, 0) is 36.5 Å². The fourth-order valence-electron chi connectivity index (χ4n) is 2.58. The summed E-state index contributed by atoms with van der Waals surface area (Å²) in [4.78, 5) is 25.4. The first kappa shape index (κ1) is 16.5. The van der Waals surface area contributed by atoms with E-state index in [1.807, 2.05) is 0 Å². The van der Waals surface area contributed by atoms with Gasteiger partial charge in [-0.1, -0.05) is 12.1 Å². The molecule has 6 nitrogen and oxygen atoms in total. The number of fused-ring (bicyclic) bond motifs is 1. The summed E-state index contributed by atoms with van der Waals surface area (Å²) < 4.78 is 12.8. The number of furan rings is 1. The lowest BCUT2D eigenvalue weighted by atomic mass is 10.00. The van der Waals surface area contributed by atoms with Crippen molar-refractivity contribution < 1.29 is 23.8 Å². The molecule has 0 fully saturated rings. The highest BCUT2D eigenvalue weighted by atomic mass is 32.1. The van der Waals surface area contributed by atoms with Crippen LogP contribution >= 0.6 is 23.6 Å². The van der Waals surface area contributed by atoms with E-state index in [1.54, 1.807) is 43.5 Å². The largest absolute Gasteiger partial charge is 0.493 e. The van der Waals surface area contributed by atoms with Crippen LogP contribution < -0.4 is 15.6 Å². The molecule has 26 heavy (non-hydrogen) atoms. The van der Waals surface area contributed by atoms with Crippen LogP contribution in [0.1, 0.15) is 15.2 Å². The SMILES string of the molecule is Cn1c(O)c(C=c2ccc(=C3C(=O)Oc4ccccc4C3=O)o2)sc1=S. The fourth-order valence-corrected chi connectivity index (χ4v) is 3.75. The summed E-state index contributed by atoms with van der Waals surface area (Å²) in [5.74, 6) is -0.949. The van der Waals surface area contributed by atoms with E-state index >= 15 is 0 Å².